The quantitative estimate of drug-likeness (QED) is 0.729. The van der Waals surface area contributed by atoms with E-state index in [0.29, 0.717) is 0 Å². The van der Waals surface area contributed by atoms with Crippen molar-refractivity contribution in [1.29, 1.82) is 0 Å². The normalized spacial score (nSPS) is 14.8. The highest BCUT2D eigenvalue weighted by atomic mass is 15.3. The Morgan fingerprint density at radius 2 is 2.06 bits per heavy atom. The number of hydrogen-bond donors (Lipinski definition) is 0. The number of fused-ring (bicyclic) bond motifs is 1. The first kappa shape index (κ1) is 9.58. The maximum Gasteiger partial charge on any atom is 0.181 e. The molecule has 0 bridgehead atoms. The summed E-state index contributed by atoms with van der Waals surface area (Å²) in [5, 5.41) is 4.59. The van der Waals surface area contributed by atoms with Gasteiger partial charge in [0.25, 0.3) is 0 Å². The van der Waals surface area contributed by atoms with E-state index in [9.17, 15) is 0 Å². The van der Waals surface area contributed by atoms with E-state index in [2.05, 4.69) is 39.9 Å². The molecule has 0 saturated heterocycles. The standard InChI is InChI=1S/C13H15N3/c1-10-6-2-3-7-11(10)13-14-12-8-4-5-9-16(12)15-13/h2-3,6-7H,4-5,8-9H2,1H3. The van der Waals surface area contributed by atoms with Crippen LogP contribution in [0.25, 0.3) is 11.4 Å². The molecule has 0 spiro atoms. The fourth-order valence-corrected chi connectivity index (χ4v) is 2.22. The zero-order valence-electron chi connectivity index (χ0n) is 9.48. The van der Waals surface area contributed by atoms with Crippen molar-refractivity contribution in [3.63, 3.8) is 0 Å². The number of benzene rings is 1. The van der Waals surface area contributed by atoms with Crippen LogP contribution in [0, 0.1) is 6.92 Å². The van der Waals surface area contributed by atoms with Crippen molar-refractivity contribution in [2.45, 2.75) is 32.7 Å². The lowest BCUT2D eigenvalue weighted by molar-refractivity contribution is 0.480. The Morgan fingerprint density at radius 1 is 1.19 bits per heavy atom. The van der Waals surface area contributed by atoms with Crippen LogP contribution in [0.1, 0.15) is 24.2 Å². The molecule has 2 heterocycles. The van der Waals surface area contributed by atoms with Gasteiger partial charge in [0.15, 0.2) is 5.82 Å². The van der Waals surface area contributed by atoms with Gasteiger partial charge in [0.2, 0.25) is 0 Å². The molecular weight excluding hydrogens is 198 g/mol. The minimum Gasteiger partial charge on any atom is -0.249 e. The van der Waals surface area contributed by atoms with E-state index < -0.39 is 0 Å². The van der Waals surface area contributed by atoms with Crippen molar-refractivity contribution < 1.29 is 0 Å². The third-order valence-corrected chi connectivity index (χ3v) is 3.15. The summed E-state index contributed by atoms with van der Waals surface area (Å²) in [6, 6.07) is 8.29. The Bertz CT molecular complexity index is 490. The van der Waals surface area contributed by atoms with Crippen molar-refractivity contribution in [2.24, 2.45) is 0 Å². The Kier molecular flexibility index (Phi) is 2.24. The van der Waals surface area contributed by atoms with Crippen molar-refractivity contribution in [2.75, 3.05) is 0 Å². The molecule has 3 rings (SSSR count). The Labute approximate surface area is 95.1 Å². The molecular formula is C13H15N3. The van der Waals surface area contributed by atoms with Crippen LogP contribution in [0.2, 0.25) is 0 Å². The first-order valence-electron chi connectivity index (χ1n) is 5.84. The SMILES string of the molecule is Cc1ccccc1-c1nc2n(n1)CCCC2. The van der Waals surface area contributed by atoms with Gasteiger partial charge in [-0.3, -0.25) is 0 Å². The fraction of sp³-hybridized carbons (Fsp3) is 0.385. The molecule has 0 fully saturated rings. The highest BCUT2D eigenvalue weighted by Crippen LogP contribution is 2.22. The molecule has 82 valence electrons. The van der Waals surface area contributed by atoms with Crippen LogP contribution in [0.15, 0.2) is 24.3 Å². The summed E-state index contributed by atoms with van der Waals surface area (Å²) in [6.07, 6.45) is 3.54. The minimum atomic E-state index is 0.884. The van der Waals surface area contributed by atoms with Crippen LogP contribution in [-0.4, -0.2) is 14.8 Å². The molecule has 1 aromatic heterocycles. The molecule has 1 aliphatic rings. The topological polar surface area (TPSA) is 30.7 Å². The second kappa shape index (κ2) is 3.74. The zero-order chi connectivity index (χ0) is 11.0. The number of aryl methyl sites for hydroxylation is 3. The Hall–Kier alpha value is -1.64. The molecule has 16 heavy (non-hydrogen) atoms. The fourth-order valence-electron chi connectivity index (χ4n) is 2.22. The molecule has 3 nitrogen and oxygen atoms in total. The van der Waals surface area contributed by atoms with Crippen molar-refractivity contribution in [1.82, 2.24) is 14.8 Å². The smallest absolute Gasteiger partial charge is 0.181 e. The van der Waals surface area contributed by atoms with Gasteiger partial charge < -0.3 is 0 Å². The van der Waals surface area contributed by atoms with E-state index in [0.717, 1.165) is 30.2 Å². The van der Waals surface area contributed by atoms with Gasteiger partial charge in [-0.25, -0.2) is 9.67 Å². The third-order valence-electron chi connectivity index (χ3n) is 3.15. The van der Waals surface area contributed by atoms with Crippen molar-refractivity contribution >= 4 is 0 Å². The van der Waals surface area contributed by atoms with Crippen molar-refractivity contribution in [3.8, 4) is 11.4 Å². The van der Waals surface area contributed by atoms with Gasteiger partial charge in [0.05, 0.1) is 0 Å². The molecule has 0 atom stereocenters. The Morgan fingerprint density at radius 3 is 2.88 bits per heavy atom. The second-order valence-corrected chi connectivity index (χ2v) is 4.35. The van der Waals surface area contributed by atoms with Crippen LogP contribution in [0.5, 0.6) is 0 Å². The van der Waals surface area contributed by atoms with Gasteiger partial charge in [-0.15, -0.1) is 0 Å². The Balaban J connectivity index is 2.07. The van der Waals surface area contributed by atoms with Crippen LogP contribution in [0.4, 0.5) is 0 Å². The lowest BCUT2D eigenvalue weighted by Gasteiger charge is -2.09. The minimum absolute atomic E-state index is 0.884. The summed E-state index contributed by atoms with van der Waals surface area (Å²) >= 11 is 0. The maximum atomic E-state index is 4.63. The molecule has 0 amide bonds. The summed E-state index contributed by atoms with van der Waals surface area (Å²) in [5.41, 5.74) is 2.40. The monoisotopic (exact) mass is 213 g/mol. The summed E-state index contributed by atoms with van der Waals surface area (Å²) in [4.78, 5) is 4.63. The maximum absolute atomic E-state index is 4.63. The predicted octanol–water partition coefficient (Wildman–Crippen LogP) is 2.59. The van der Waals surface area contributed by atoms with E-state index in [4.69, 9.17) is 0 Å². The lowest BCUT2D eigenvalue weighted by Crippen LogP contribution is -2.11. The summed E-state index contributed by atoms with van der Waals surface area (Å²) < 4.78 is 2.06. The second-order valence-electron chi connectivity index (χ2n) is 4.35. The van der Waals surface area contributed by atoms with E-state index in [-0.39, 0.29) is 0 Å². The first-order chi connectivity index (χ1) is 7.84. The van der Waals surface area contributed by atoms with Gasteiger partial charge in [-0.2, -0.15) is 5.10 Å². The molecule has 1 aromatic carbocycles. The van der Waals surface area contributed by atoms with Gasteiger partial charge in [0.1, 0.15) is 5.82 Å². The lowest BCUT2D eigenvalue weighted by atomic mass is 10.1. The average molecular weight is 213 g/mol. The predicted molar refractivity (Wildman–Crippen MR) is 63.1 cm³/mol. The van der Waals surface area contributed by atoms with E-state index in [1.54, 1.807) is 0 Å². The molecule has 1 aliphatic heterocycles. The number of nitrogens with zero attached hydrogens (tertiary/aromatic N) is 3. The summed E-state index contributed by atoms with van der Waals surface area (Å²) in [7, 11) is 0. The van der Waals surface area contributed by atoms with E-state index >= 15 is 0 Å². The molecule has 3 heteroatoms. The highest BCUT2D eigenvalue weighted by Gasteiger charge is 2.15. The third kappa shape index (κ3) is 1.52. The number of rotatable bonds is 1. The summed E-state index contributed by atoms with van der Waals surface area (Å²) in [6.45, 7) is 3.13. The first-order valence-corrected chi connectivity index (χ1v) is 5.84. The van der Waals surface area contributed by atoms with Crippen LogP contribution in [-0.2, 0) is 13.0 Å². The van der Waals surface area contributed by atoms with Crippen LogP contribution < -0.4 is 0 Å². The number of aromatic nitrogens is 3. The zero-order valence-corrected chi connectivity index (χ0v) is 9.48. The molecule has 2 aromatic rings. The molecule has 0 saturated carbocycles. The van der Waals surface area contributed by atoms with Crippen LogP contribution in [0.3, 0.4) is 0 Å². The largest absolute Gasteiger partial charge is 0.249 e. The summed E-state index contributed by atoms with van der Waals surface area (Å²) in [5.74, 6) is 2.03. The molecule has 0 radical (unpaired) electrons. The van der Waals surface area contributed by atoms with Gasteiger partial charge in [-0.1, -0.05) is 24.3 Å². The molecule has 0 aliphatic carbocycles. The van der Waals surface area contributed by atoms with Gasteiger partial charge >= 0.3 is 0 Å². The van der Waals surface area contributed by atoms with Crippen molar-refractivity contribution in [3.05, 3.63) is 35.7 Å². The van der Waals surface area contributed by atoms with Crippen LogP contribution >= 0.6 is 0 Å². The molecule has 0 unspecified atom stereocenters. The molecule has 0 N–H and O–H groups in total. The highest BCUT2D eigenvalue weighted by molar-refractivity contribution is 5.59. The number of hydrogen-bond acceptors (Lipinski definition) is 2. The van der Waals surface area contributed by atoms with Gasteiger partial charge in [0, 0.05) is 18.5 Å². The average Bonchev–Trinajstić information content (AvgIpc) is 2.73. The van der Waals surface area contributed by atoms with Gasteiger partial charge in [-0.05, 0) is 25.3 Å². The van der Waals surface area contributed by atoms with E-state index in [1.807, 2.05) is 6.07 Å². The van der Waals surface area contributed by atoms with E-state index in [1.165, 1.54) is 18.4 Å².